The van der Waals surface area contributed by atoms with Crippen LogP contribution in [0.3, 0.4) is 0 Å². The molecule has 1 aromatic rings. The van der Waals surface area contributed by atoms with Crippen LogP contribution in [0.2, 0.25) is 0 Å². The maximum Gasteiger partial charge on any atom is 0.123 e. The van der Waals surface area contributed by atoms with Gasteiger partial charge in [-0.05, 0) is 23.5 Å². The Bertz CT molecular complexity index is 284. The lowest BCUT2D eigenvalue weighted by Gasteiger charge is -2.23. The largest absolute Gasteiger partial charge is 0.384 e. The zero-order chi connectivity index (χ0) is 10.8. The Hall–Kier alpha value is -1.09. The van der Waals surface area contributed by atoms with E-state index in [2.05, 4.69) is 25.8 Å². The second-order valence-electron chi connectivity index (χ2n) is 4.89. The summed E-state index contributed by atoms with van der Waals surface area (Å²) in [4.78, 5) is 4.03. The number of hydrogen-bond acceptors (Lipinski definition) is 3. The van der Waals surface area contributed by atoms with Crippen molar-refractivity contribution in [3.63, 3.8) is 0 Å². The zero-order valence-electron chi connectivity index (χ0n) is 9.12. The van der Waals surface area contributed by atoms with Crippen LogP contribution >= 0.6 is 0 Å². The Kier molecular flexibility index (Phi) is 3.11. The van der Waals surface area contributed by atoms with Crippen molar-refractivity contribution in [2.75, 3.05) is 5.73 Å². The Morgan fingerprint density at radius 3 is 2.43 bits per heavy atom. The van der Waals surface area contributed by atoms with Gasteiger partial charge >= 0.3 is 0 Å². The summed E-state index contributed by atoms with van der Waals surface area (Å²) in [6, 6.07) is 3.78. The van der Waals surface area contributed by atoms with E-state index in [1.54, 1.807) is 12.3 Å². The zero-order valence-corrected chi connectivity index (χ0v) is 9.12. The van der Waals surface area contributed by atoms with Gasteiger partial charge in [0.1, 0.15) is 5.82 Å². The Morgan fingerprint density at radius 1 is 1.36 bits per heavy atom. The van der Waals surface area contributed by atoms with Crippen LogP contribution in [-0.2, 0) is 0 Å². The summed E-state index contributed by atoms with van der Waals surface area (Å²) >= 11 is 0. The predicted molar refractivity (Wildman–Crippen MR) is 59.6 cm³/mol. The first kappa shape index (κ1) is 11.0. The molecule has 1 atom stereocenters. The molecule has 0 radical (unpaired) electrons. The van der Waals surface area contributed by atoms with E-state index in [9.17, 15) is 0 Å². The van der Waals surface area contributed by atoms with Gasteiger partial charge in [0, 0.05) is 12.2 Å². The van der Waals surface area contributed by atoms with E-state index in [4.69, 9.17) is 11.5 Å². The Balaban J connectivity index is 2.70. The summed E-state index contributed by atoms with van der Waals surface area (Å²) < 4.78 is 0. The third-order valence-electron chi connectivity index (χ3n) is 2.07. The summed E-state index contributed by atoms with van der Waals surface area (Å²) in [6.45, 7) is 6.53. The van der Waals surface area contributed by atoms with Crippen LogP contribution < -0.4 is 11.5 Å². The molecule has 0 saturated heterocycles. The molecule has 0 saturated carbocycles. The van der Waals surface area contributed by atoms with Crippen LogP contribution in [0.5, 0.6) is 0 Å². The van der Waals surface area contributed by atoms with Crippen LogP contribution in [0.1, 0.15) is 38.8 Å². The van der Waals surface area contributed by atoms with Crippen LogP contribution in [0.15, 0.2) is 18.3 Å². The molecule has 0 aromatic carbocycles. The molecule has 3 nitrogen and oxygen atoms in total. The molecule has 0 fully saturated rings. The molecule has 14 heavy (non-hydrogen) atoms. The molecule has 0 spiro atoms. The van der Waals surface area contributed by atoms with E-state index in [-0.39, 0.29) is 11.5 Å². The van der Waals surface area contributed by atoms with Gasteiger partial charge in [-0.3, -0.25) is 0 Å². The van der Waals surface area contributed by atoms with Crippen molar-refractivity contribution >= 4 is 5.82 Å². The van der Waals surface area contributed by atoms with E-state index < -0.39 is 0 Å². The number of hydrogen-bond donors (Lipinski definition) is 2. The highest BCUT2D eigenvalue weighted by Gasteiger charge is 2.16. The second-order valence-corrected chi connectivity index (χ2v) is 4.89. The molecule has 0 aliphatic carbocycles. The molecule has 78 valence electrons. The number of anilines is 1. The SMILES string of the molecule is CC(C)(C)C[C@@H](N)c1ccc(N)nc1. The fourth-order valence-electron chi connectivity index (χ4n) is 1.41. The van der Waals surface area contributed by atoms with Gasteiger partial charge in [-0.15, -0.1) is 0 Å². The lowest BCUT2D eigenvalue weighted by Crippen LogP contribution is -2.18. The molecular formula is C11H19N3. The molecular weight excluding hydrogens is 174 g/mol. The van der Waals surface area contributed by atoms with Crippen molar-refractivity contribution in [3.05, 3.63) is 23.9 Å². The average Bonchev–Trinajstić information content (AvgIpc) is 2.02. The minimum absolute atomic E-state index is 0.0445. The van der Waals surface area contributed by atoms with Crippen molar-refractivity contribution in [3.8, 4) is 0 Å². The van der Waals surface area contributed by atoms with Crippen LogP contribution in [0, 0.1) is 5.41 Å². The number of nitrogen functional groups attached to an aromatic ring is 1. The van der Waals surface area contributed by atoms with E-state index in [1.165, 1.54) is 0 Å². The topological polar surface area (TPSA) is 64.9 Å². The standard InChI is InChI=1S/C11H19N3/c1-11(2,3)6-9(12)8-4-5-10(13)14-7-8/h4-5,7,9H,6,12H2,1-3H3,(H2,13,14)/t9-/m1/s1. The van der Waals surface area contributed by atoms with E-state index in [0.29, 0.717) is 5.82 Å². The predicted octanol–water partition coefficient (Wildman–Crippen LogP) is 2.10. The third kappa shape index (κ3) is 3.34. The van der Waals surface area contributed by atoms with Gasteiger partial charge in [-0.2, -0.15) is 0 Å². The van der Waals surface area contributed by atoms with Crippen LogP contribution in [0.4, 0.5) is 5.82 Å². The normalized spacial score (nSPS) is 14.0. The minimum Gasteiger partial charge on any atom is -0.384 e. The summed E-state index contributed by atoms with van der Waals surface area (Å²) in [6.07, 6.45) is 2.70. The summed E-state index contributed by atoms with van der Waals surface area (Å²) in [7, 11) is 0. The van der Waals surface area contributed by atoms with Gasteiger partial charge < -0.3 is 11.5 Å². The molecule has 0 aliphatic heterocycles. The molecule has 4 N–H and O–H groups in total. The molecule has 0 aliphatic rings. The molecule has 0 amide bonds. The Morgan fingerprint density at radius 2 is 2.00 bits per heavy atom. The monoisotopic (exact) mass is 193 g/mol. The Labute approximate surface area is 85.5 Å². The highest BCUT2D eigenvalue weighted by Crippen LogP contribution is 2.27. The van der Waals surface area contributed by atoms with E-state index in [0.717, 1.165) is 12.0 Å². The van der Waals surface area contributed by atoms with Crippen molar-refractivity contribution in [2.24, 2.45) is 11.1 Å². The average molecular weight is 193 g/mol. The first-order valence-corrected chi connectivity index (χ1v) is 4.85. The first-order chi connectivity index (χ1) is 6.38. The molecule has 1 aromatic heterocycles. The molecule has 1 heterocycles. The number of nitrogens with two attached hydrogens (primary N) is 2. The minimum atomic E-state index is 0.0445. The van der Waals surface area contributed by atoms with Gasteiger partial charge in [0.15, 0.2) is 0 Å². The number of rotatable bonds is 2. The fraction of sp³-hybridized carbons (Fsp3) is 0.545. The second kappa shape index (κ2) is 3.96. The van der Waals surface area contributed by atoms with Gasteiger partial charge in [0.05, 0.1) is 0 Å². The maximum absolute atomic E-state index is 6.05. The maximum atomic E-state index is 6.05. The smallest absolute Gasteiger partial charge is 0.123 e. The van der Waals surface area contributed by atoms with Gasteiger partial charge in [0.2, 0.25) is 0 Å². The molecule has 0 unspecified atom stereocenters. The van der Waals surface area contributed by atoms with E-state index >= 15 is 0 Å². The van der Waals surface area contributed by atoms with Crippen molar-refractivity contribution < 1.29 is 0 Å². The molecule has 0 bridgehead atoms. The number of nitrogens with zero attached hydrogens (tertiary/aromatic N) is 1. The molecule has 3 heteroatoms. The third-order valence-corrected chi connectivity index (χ3v) is 2.07. The van der Waals surface area contributed by atoms with Crippen molar-refractivity contribution in [2.45, 2.75) is 33.2 Å². The number of aromatic nitrogens is 1. The van der Waals surface area contributed by atoms with Crippen LogP contribution in [-0.4, -0.2) is 4.98 Å². The van der Waals surface area contributed by atoms with E-state index in [1.807, 2.05) is 6.07 Å². The lowest BCUT2D eigenvalue weighted by atomic mass is 9.86. The van der Waals surface area contributed by atoms with Gasteiger partial charge in [-0.1, -0.05) is 26.8 Å². The fourth-order valence-corrected chi connectivity index (χ4v) is 1.41. The summed E-state index contributed by atoms with van der Waals surface area (Å²) in [5, 5.41) is 0. The van der Waals surface area contributed by atoms with Crippen LogP contribution in [0.25, 0.3) is 0 Å². The highest BCUT2D eigenvalue weighted by atomic mass is 14.8. The lowest BCUT2D eigenvalue weighted by molar-refractivity contribution is 0.342. The van der Waals surface area contributed by atoms with Crippen molar-refractivity contribution in [1.29, 1.82) is 0 Å². The van der Waals surface area contributed by atoms with Crippen molar-refractivity contribution in [1.82, 2.24) is 4.98 Å². The summed E-state index contributed by atoms with van der Waals surface area (Å²) in [5.41, 5.74) is 12.8. The molecule has 1 rings (SSSR count). The van der Waals surface area contributed by atoms with Gasteiger partial charge in [-0.25, -0.2) is 4.98 Å². The summed E-state index contributed by atoms with van der Waals surface area (Å²) in [5.74, 6) is 0.539. The van der Waals surface area contributed by atoms with Gasteiger partial charge in [0.25, 0.3) is 0 Å². The highest BCUT2D eigenvalue weighted by molar-refractivity contribution is 5.30. The quantitative estimate of drug-likeness (QED) is 0.756. The first-order valence-electron chi connectivity index (χ1n) is 4.85. The number of pyridine rings is 1.